The normalized spacial score (nSPS) is 12.7. The minimum atomic E-state index is -0.839. The second-order valence-electron chi connectivity index (χ2n) is 4.45. The largest absolute Gasteiger partial charge is 0.350 e. The van der Waals surface area contributed by atoms with Gasteiger partial charge in [-0.2, -0.15) is 5.06 Å². The molecule has 18 heavy (non-hydrogen) atoms. The highest BCUT2D eigenvalue weighted by molar-refractivity contribution is 7.19. The number of primary amides is 1. The van der Waals surface area contributed by atoms with Crippen LogP contribution < -0.4 is 5.73 Å². The fourth-order valence-electron chi connectivity index (χ4n) is 1.93. The summed E-state index contributed by atoms with van der Waals surface area (Å²) in [6.45, 7) is 5.85. The van der Waals surface area contributed by atoms with Gasteiger partial charge in [0.2, 0.25) is 0 Å². The number of hydroxylamine groups is 2. The zero-order valence-electron chi connectivity index (χ0n) is 10.6. The van der Waals surface area contributed by atoms with Crippen LogP contribution >= 0.6 is 11.3 Å². The van der Waals surface area contributed by atoms with Crippen molar-refractivity contribution in [1.82, 2.24) is 5.06 Å². The third kappa shape index (κ3) is 2.07. The summed E-state index contributed by atoms with van der Waals surface area (Å²) in [4.78, 5) is 11.9. The van der Waals surface area contributed by atoms with Gasteiger partial charge in [0.25, 0.3) is 0 Å². The van der Waals surface area contributed by atoms with E-state index >= 15 is 0 Å². The number of hydrogen-bond acceptors (Lipinski definition) is 3. The first-order valence-corrected chi connectivity index (χ1v) is 6.50. The van der Waals surface area contributed by atoms with Crippen molar-refractivity contribution in [3.8, 4) is 0 Å². The van der Waals surface area contributed by atoms with E-state index in [0.717, 1.165) is 4.88 Å². The van der Waals surface area contributed by atoms with E-state index in [4.69, 9.17) is 5.73 Å². The predicted octanol–water partition coefficient (Wildman–Crippen LogP) is 3.35. The van der Waals surface area contributed by atoms with Crippen LogP contribution in [0.5, 0.6) is 0 Å². The molecule has 4 nitrogen and oxygen atoms in total. The maximum Gasteiger partial charge on any atom is 0.339 e. The lowest BCUT2D eigenvalue weighted by molar-refractivity contribution is -0.0700. The molecule has 1 unspecified atom stereocenters. The zero-order valence-corrected chi connectivity index (χ0v) is 11.4. The van der Waals surface area contributed by atoms with Gasteiger partial charge in [-0.25, -0.2) is 4.79 Å². The number of fused-ring (bicyclic) bond motifs is 1. The number of urea groups is 1. The molecule has 1 aromatic carbocycles. The number of amides is 2. The molecule has 2 aromatic rings. The minimum absolute atomic E-state index is 0.432. The smallest absolute Gasteiger partial charge is 0.339 e. The SMILES string of the molecule is Cc1ccc(C)c2sc(C(C)N(O)C(N)=O)cc12. The van der Waals surface area contributed by atoms with Gasteiger partial charge in [-0.3, -0.25) is 5.21 Å². The molecule has 0 aliphatic carbocycles. The Hall–Kier alpha value is -1.59. The van der Waals surface area contributed by atoms with Crippen molar-refractivity contribution in [2.75, 3.05) is 0 Å². The molecule has 0 aliphatic heterocycles. The monoisotopic (exact) mass is 264 g/mol. The molecule has 2 amide bonds. The summed E-state index contributed by atoms with van der Waals surface area (Å²) in [5.41, 5.74) is 7.46. The topological polar surface area (TPSA) is 66.6 Å². The molecular formula is C13H16N2O2S. The van der Waals surface area contributed by atoms with Crippen LogP contribution in [-0.4, -0.2) is 16.3 Å². The predicted molar refractivity (Wildman–Crippen MR) is 72.9 cm³/mol. The number of nitrogens with zero attached hydrogens (tertiary/aromatic N) is 1. The van der Waals surface area contributed by atoms with E-state index in [1.54, 1.807) is 18.3 Å². The van der Waals surface area contributed by atoms with E-state index < -0.39 is 12.1 Å². The molecule has 5 heteroatoms. The molecule has 1 atom stereocenters. The number of nitrogens with two attached hydrogens (primary N) is 1. The van der Waals surface area contributed by atoms with E-state index in [1.807, 2.05) is 13.0 Å². The number of carbonyl (C=O) groups excluding carboxylic acids is 1. The Labute approximate surface area is 110 Å². The Bertz CT molecular complexity index is 567. The van der Waals surface area contributed by atoms with Crippen LogP contribution in [0.3, 0.4) is 0 Å². The molecule has 0 bridgehead atoms. The molecule has 3 N–H and O–H groups in total. The molecule has 1 heterocycles. The van der Waals surface area contributed by atoms with Crippen molar-refractivity contribution in [3.63, 3.8) is 0 Å². The Balaban J connectivity index is 2.51. The second-order valence-corrected chi connectivity index (χ2v) is 5.53. The van der Waals surface area contributed by atoms with Gasteiger partial charge in [-0.05, 0) is 43.4 Å². The summed E-state index contributed by atoms with van der Waals surface area (Å²) in [7, 11) is 0. The molecule has 96 valence electrons. The maximum absolute atomic E-state index is 11.0. The Morgan fingerprint density at radius 3 is 2.56 bits per heavy atom. The first-order valence-electron chi connectivity index (χ1n) is 5.69. The second kappa shape index (κ2) is 4.59. The van der Waals surface area contributed by atoms with Crippen molar-refractivity contribution < 1.29 is 10.0 Å². The van der Waals surface area contributed by atoms with Gasteiger partial charge in [-0.15, -0.1) is 11.3 Å². The third-order valence-electron chi connectivity index (χ3n) is 3.12. The molecule has 0 saturated carbocycles. The molecule has 0 saturated heterocycles. The van der Waals surface area contributed by atoms with E-state index in [9.17, 15) is 10.0 Å². The first kappa shape index (κ1) is 12.9. The molecule has 0 spiro atoms. The van der Waals surface area contributed by atoms with E-state index in [0.29, 0.717) is 5.06 Å². The highest BCUT2D eigenvalue weighted by Crippen LogP contribution is 2.35. The van der Waals surface area contributed by atoms with Crippen LogP contribution in [-0.2, 0) is 0 Å². The first-order chi connectivity index (χ1) is 8.41. The number of rotatable bonds is 2. The van der Waals surface area contributed by atoms with Crippen molar-refractivity contribution in [3.05, 3.63) is 34.2 Å². The van der Waals surface area contributed by atoms with Gasteiger partial charge in [0.15, 0.2) is 0 Å². The van der Waals surface area contributed by atoms with Crippen LogP contribution in [0, 0.1) is 13.8 Å². The maximum atomic E-state index is 11.0. The summed E-state index contributed by atoms with van der Waals surface area (Å²) < 4.78 is 1.19. The molecule has 1 aromatic heterocycles. The molecule has 0 radical (unpaired) electrons. The van der Waals surface area contributed by atoms with Crippen molar-refractivity contribution in [2.45, 2.75) is 26.8 Å². The Morgan fingerprint density at radius 2 is 2.00 bits per heavy atom. The lowest BCUT2D eigenvalue weighted by Crippen LogP contribution is -2.34. The summed E-state index contributed by atoms with van der Waals surface area (Å²) in [6, 6.07) is 4.89. The summed E-state index contributed by atoms with van der Waals surface area (Å²) >= 11 is 1.58. The van der Waals surface area contributed by atoms with Crippen molar-refractivity contribution in [2.24, 2.45) is 5.73 Å². The average Bonchev–Trinajstić information content (AvgIpc) is 2.78. The number of aryl methyl sites for hydroxylation is 2. The van der Waals surface area contributed by atoms with E-state index in [-0.39, 0.29) is 0 Å². The lowest BCUT2D eigenvalue weighted by Gasteiger charge is -2.18. The van der Waals surface area contributed by atoms with Gasteiger partial charge in [0, 0.05) is 9.58 Å². The van der Waals surface area contributed by atoms with Gasteiger partial charge >= 0.3 is 6.03 Å². The van der Waals surface area contributed by atoms with Crippen LogP contribution in [0.1, 0.15) is 29.0 Å². The number of hydrogen-bond donors (Lipinski definition) is 2. The minimum Gasteiger partial charge on any atom is -0.350 e. The lowest BCUT2D eigenvalue weighted by atomic mass is 10.1. The highest BCUT2D eigenvalue weighted by atomic mass is 32.1. The molecule has 0 aliphatic rings. The van der Waals surface area contributed by atoms with Gasteiger partial charge in [0.05, 0.1) is 6.04 Å². The molecule has 0 fully saturated rings. The van der Waals surface area contributed by atoms with Gasteiger partial charge in [0.1, 0.15) is 0 Å². The van der Waals surface area contributed by atoms with Gasteiger partial charge in [-0.1, -0.05) is 12.1 Å². The summed E-state index contributed by atoms with van der Waals surface area (Å²) in [6.07, 6.45) is 0. The number of carbonyl (C=O) groups is 1. The molecule has 2 rings (SSSR count). The quantitative estimate of drug-likeness (QED) is 0.645. The van der Waals surface area contributed by atoms with Crippen LogP contribution in [0.25, 0.3) is 10.1 Å². The van der Waals surface area contributed by atoms with E-state index in [2.05, 4.69) is 19.1 Å². The van der Waals surface area contributed by atoms with Crippen LogP contribution in [0.15, 0.2) is 18.2 Å². The van der Waals surface area contributed by atoms with E-state index in [1.165, 1.54) is 21.2 Å². The molecular weight excluding hydrogens is 248 g/mol. The Kier molecular flexibility index (Phi) is 3.28. The summed E-state index contributed by atoms with van der Waals surface area (Å²) in [5.74, 6) is 0. The summed E-state index contributed by atoms with van der Waals surface area (Å²) in [5, 5.41) is 11.3. The highest BCUT2D eigenvalue weighted by Gasteiger charge is 2.20. The zero-order chi connectivity index (χ0) is 13.4. The number of benzene rings is 1. The van der Waals surface area contributed by atoms with Crippen LogP contribution in [0.2, 0.25) is 0 Å². The third-order valence-corrected chi connectivity index (χ3v) is 4.56. The fraction of sp³-hybridized carbons (Fsp3) is 0.308. The Morgan fingerprint density at radius 1 is 1.39 bits per heavy atom. The average molecular weight is 264 g/mol. The van der Waals surface area contributed by atoms with Gasteiger partial charge < -0.3 is 5.73 Å². The van der Waals surface area contributed by atoms with Crippen molar-refractivity contribution >= 4 is 27.5 Å². The van der Waals surface area contributed by atoms with Crippen molar-refractivity contribution in [1.29, 1.82) is 0 Å². The van der Waals surface area contributed by atoms with Crippen LogP contribution in [0.4, 0.5) is 4.79 Å². The standard InChI is InChI=1S/C13H16N2O2S/c1-7-4-5-8(2)12-10(7)6-11(18-12)9(3)15(17)13(14)16/h4-6,9,17H,1-3H3,(H2,14,16). The fourth-order valence-corrected chi connectivity index (χ4v) is 3.17. The number of thiophene rings is 1.